The van der Waals surface area contributed by atoms with Crippen LogP contribution in [0.4, 0.5) is 9.59 Å². The summed E-state index contributed by atoms with van der Waals surface area (Å²) in [6.45, 7) is 4.20. The Morgan fingerprint density at radius 2 is 1.92 bits per heavy atom. The topological polar surface area (TPSA) is 91.9 Å². The van der Waals surface area contributed by atoms with Gasteiger partial charge in [-0.05, 0) is 56.3 Å². The molecule has 1 aromatic rings. The Hall–Kier alpha value is -2.03. The predicted molar refractivity (Wildman–Crippen MR) is 152 cm³/mol. The second kappa shape index (κ2) is 16.2. The molecule has 2 fully saturated rings. The highest BCUT2D eigenvalue weighted by molar-refractivity contribution is 6.30. The quantitative estimate of drug-likeness (QED) is 0.298. The van der Waals surface area contributed by atoms with E-state index in [1.165, 1.54) is 39.2 Å². The maximum atomic E-state index is 13.6. The number of nitrogens with zero attached hydrogens (tertiary/aromatic N) is 1. The molecule has 1 heterocycles. The average molecular weight is 551 g/mol. The number of hydrogen-bond donors (Lipinski definition) is 3. The molecule has 3 rings (SSSR count). The van der Waals surface area contributed by atoms with Crippen LogP contribution >= 0.6 is 11.6 Å². The lowest BCUT2D eigenvalue weighted by Gasteiger charge is -2.39. The van der Waals surface area contributed by atoms with Crippen molar-refractivity contribution >= 4 is 23.7 Å². The van der Waals surface area contributed by atoms with Gasteiger partial charge in [-0.25, -0.2) is 9.59 Å². The fourth-order valence-corrected chi connectivity index (χ4v) is 6.28. The molecule has 2 aliphatic rings. The summed E-state index contributed by atoms with van der Waals surface area (Å²) in [5.74, 6) is 0.805. The monoisotopic (exact) mass is 550 g/mol. The highest BCUT2D eigenvalue weighted by atomic mass is 35.5. The summed E-state index contributed by atoms with van der Waals surface area (Å²) in [7, 11) is 3.33. The molecule has 1 saturated heterocycles. The number of likely N-dealkylation sites (tertiary alicyclic amines) is 1. The SMILES string of the molecule is CCC(NC)C(CC1CCCCC1)NC(=O)N1CCC[C@@H]([C@@H](OCCNC(=O)OC)c2cccc(Cl)c2)C1. The summed E-state index contributed by atoms with van der Waals surface area (Å²) in [4.78, 5) is 27.0. The smallest absolute Gasteiger partial charge is 0.406 e. The van der Waals surface area contributed by atoms with E-state index in [2.05, 4.69) is 27.6 Å². The average Bonchev–Trinajstić information content (AvgIpc) is 2.94. The van der Waals surface area contributed by atoms with E-state index in [1.54, 1.807) is 0 Å². The Morgan fingerprint density at radius 1 is 1.13 bits per heavy atom. The van der Waals surface area contributed by atoms with E-state index in [4.69, 9.17) is 16.3 Å². The van der Waals surface area contributed by atoms with Gasteiger partial charge in [0.25, 0.3) is 0 Å². The van der Waals surface area contributed by atoms with Crippen molar-refractivity contribution in [1.29, 1.82) is 0 Å². The third-order valence-corrected chi connectivity index (χ3v) is 8.36. The van der Waals surface area contributed by atoms with Crippen molar-refractivity contribution in [3.05, 3.63) is 34.9 Å². The molecule has 0 aromatic heterocycles. The van der Waals surface area contributed by atoms with Gasteiger partial charge in [-0.2, -0.15) is 0 Å². The minimum atomic E-state index is -0.483. The van der Waals surface area contributed by atoms with Crippen LogP contribution < -0.4 is 16.0 Å². The van der Waals surface area contributed by atoms with Gasteiger partial charge in [0.05, 0.1) is 19.8 Å². The maximum Gasteiger partial charge on any atom is 0.406 e. The summed E-state index contributed by atoms with van der Waals surface area (Å²) >= 11 is 6.31. The van der Waals surface area contributed by atoms with Crippen molar-refractivity contribution in [2.75, 3.05) is 40.4 Å². The van der Waals surface area contributed by atoms with E-state index in [-0.39, 0.29) is 30.1 Å². The molecule has 3 N–H and O–H groups in total. The minimum Gasteiger partial charge on any atom is -0.453 e. The summed E-state index contributed by atoms with van der Waals surface area (Å²) in [5, 5.41) is 10.2. The fraction of sp³-hybridized carbons (Fsp3) is 0.724. The van der Waals surface area contributed by atoms with Gasteiger partial charge in [0.15, 0.2) is 0 Å². The molecule has 1 aliphatic heterocycles. The van der Waals surface area contributed by atoms with Gasteiger partial charge in [0.1, 0.15) is 0 Å². The second-order valence-electron chi connectivity index (χ2n) is 10.7. The Bertz CT molecular complexity index is 863. The van der Waals surface area contributed by atoms with Gasteiger partial charge >= 0.3 is 12.1 Å². The number of likely N-dealkylation sites (N-methyl/N-ethyl adjacent to an activating group) is 1. The first-order valence-electron chi connectivity index (χ1n) is 14.4. The molecule has 4 atom stereocenters. The van der Waals surface area contributed by atoms with Crippen molar-refractivity contribution in [2.45, 2.75) is 82.9 Å². The third kappa shape index (κ3) is 9.31. The Labute approximate surface area is 233 Å². The number of carbonyl (C=O) groups is 2. The van der Waals surface area contributed by atoms with Gasteiger partial charge in [-0.15, -0.1) is 0 Å². The number of rotatable bonds is 12. The van der Waals surface area contributed by atoms with Crippen LogP contribution in [0, 0.1) is 11.8 Å². The van der Waals surface area contributed by atoms with E-state index in [1.807, 2.05) is 36.2 Å². The van der Waals surface area contributed by atoms with E-state index >= 15 is 0 Å². The van der Waals surface area contributed by atoms with Crippen molar-refractivity contribution in [3.8, 4) is 0 Å². The zero-order valence-corrected chi connectivity index (χ0v) is 24.1. The van der Waals surface area contributed by atoms with Crippen LogP contribution in [0.25, 0.3) is 0 Å². The molecule has 1 saturated carbocycles. The highest BCUT2D eigenvalue weighted by Crippen LogP contribution is 2.34. The number of methoxy groups -OCH3 is 1. The summed E-state index contributed by atoms with van der Waals surface area (Å²) in [6, 6.07) is 8.10. The van der Waals surface area contributed by atoms with Gasteiger partial charge in [-0.3, -0.25) is 0 Å². The predicted octanol–water partition coefficient (Wildman–Crippen LogP) is 5.51. The first kappa shape index (κ1) is 30.5. The normalized spacial score (nSPS) is 20.8. The van der Waals surface area contributed by atoms with Crippen molar-refractivity contribution in [2.24, 2.45) is 11.8 Å². The van der Waals surface area contributed by atoms with Crippen molar-refractivity contribution in [3.63, 3.8) is 0 Å². The number of hydrogen-bond acceptors (Lipinski definition) is 5. The van der Waals surface area contributed by atoms with E-state index < -0.39 is 6.09 Å². The van der Waals surface area contributed by atoms with Gasteiger partial charge in [-0.1, -0.05) is 62.8 Å². The lowest BCUT2D eigenvalue weighted by atomic mass is 9.83. The first-order valence-corrected chi connectivity index (χ1v) is 14.7. The van der Waals surface area contributed by atoms with Gasteiger partial charge in [0.2, 0.25) is 0 Å². The van der Waals surface area contributed by atoms with Crippen LogP contribution in [0.2, 0.25) is 5.02 Å². The third-order valence-electron chi connectivity index (χ3n) is 8.12. The van der Waals surface area contributed by atoms with E-state index in [0.717, 1.165) is 37.8 Å². The molecule has 0 radical (unpaired) electrons. The molecule has 1 aromatic carbocycles. The molecule has 0 bridgehead atoms. The zero-order valence-electron chi connectivity index (χ0n) is 23.3. The number of carbonyl (C=O) groups excluding carboxylic acids is 2. The molecule has 214 valence electrons. The standard InChI is InChI=1S/C29H47ClN4O4/c1-4-25(31-2)26(18-21-10-6-5-7-11-21)33-28(35)34-16-9-13-23(20-34)27(22-12-8-14-24(30)19-22)38-17-15-32-29(36)37-3/h8,12,14,19,21,23,25-27,31H,4-7,9-11,13,15-18,20H2,1-3H3,(H,32,36)(H,33,35)/t23-,25?,26?,27+/m1/s1. The Balaban J connectivity index is 1.67. The van der Waals surface area contributed by atoms with Crippen molar-refractivity contribution in [1.82, 2.24) is 20.9 Å². The lowest BCUT2D eigenvalue weighted by molar-refractivity contribution is -0.00872. The van der Waals surface area contributed by atoms with E-state index in [9.17, 15) is 9.59 Å². The number of halogens is 1. The number of alkyl carbamates (subject to hydrolysis) is 1. The molecular formula is C29H47ClN4O4. The number of piperidine rings is 1. The zero-order chi connectivity index (χ0) is 27.3. The van der Waals surface area contributed by atoms with Crippen LogP contribution in [0.3, 0.4) is 0 Å². The maximum absolute atomic E-state index is 13.6. The molecule has 2 unspecified atom stereocenters. The number of amides is 3. The van der Waals surface area contributed by atoms with Crippen LogP contribution in [-0.4, -0.2) is 69.5 Å². The summed E-state index contributed by atoms with van der Waals surface area (Å²) < 4.78 is 11.0. The molecule has 3 amide bonds. The summed E-state index contributed by atoms with van der Waals surface area (Å²) in [5.41, 5.74) is 0.985. The Kier molecular flexibility index (Phi) is 13.0. The number of benzene rings is 1. The number of ether oxygens (including phenoxy) is 2. The minimum absolute atomic E-state index is 0.0152. The lowest BCUT2D eigenvalue weighted by Crippen LogP contribution is -2.55. The van der Waals surface area contributed by atoms with Crippen LogP contribution in [0.1, 0.15) is 76.4 Å². The molecule has 9 heteroatoms. The van der Waals surface area contributed by atoms with Crippen LogP contribution in [0.15, 0.2) is 24.3 Å². The molecular weight excluding hydrogens is 504 g/mol. The van der Waals surface area contributed by atoms with Crippen molar-refractivity contribution < 1.29 is 19.1 Å². The van der Waals surface area contributed by atoms with Gasteiger partial charge in [0, 0.05) is 42.7 Å². The molecule has 1 aliphatic carbocycles. The number of nitrogens with one attached hydrogen (secondary N) is 3. The highest BCUT2D eigenvalue weighted by Gasteiger charge is 2.33. The van der Waals surface area contributed by atoms with Gasteiger partial charge < -0.3 is 30.3 Å². The van der Waals surface area contributed by atoms with E-state index in [0.29, 0.717) is 30.6 Å². The fourth-order valence-electron chi connectivity index (χ4n) is 6.09. The Morgan fingerprint density at radius 3 is 2.61 bits per heavy atom. The summed E-state index contributed by atoms with van der Waals surface area (Å²) in [6.07, 6.45) is 9.62. The number of urea groups is 1. The first-order chi connectivity index (χ1) is 18.4. The molecule has 8 nitrogen and oxygen atoms in total. The largest absolute Gasteiger partial charge is 0.453 e. The van der Waals surface area contributed by atoms with Crippen LogP contribution in [-0.2, 0) is 9.47 Å². The molecule has 0 spiro atoms. The molecule has 38 heavy (non-hydrogen) atoms. The second-order valence-corrected chi connectivity index (χ2v) is 11.1. The van der Waals surface area contributed by atoms with Crippen LogP contribution in [0.5, 0.6) is 0 Å².